The number of carbonyl (C=O) groups is 3. The smallest absolute Gasteiger partial charge is 0.508 e. The minimum absolute atomic E-state index is 0.0414. The first-order valence-electron chi connectivity index (χ1n) is 12.2. The molecular weight excluding hydrogens is 446 g/mol. The van der Waals surface area contributed by atoms with Gasteiger partial charge in [0.05, 0.1) is 6.26 Å². The number of amides is 1. The van der Waals surface area contributed by atoms with Gasteiger partial charge >= 0.3 is 6.16 Å². The molecule has 1 spiro atoms. The zero-order chi connectivity index (χ0) is 25.3. The van der Waals surface area contributed by atoms with Crippen LogP contribution in [0.1, 0.15) is 39.7 Å². The van der Waals surface area contributed by atoms with E-state index in [0.29, 0.717) is 12.8 Å². The number of aromatic hydroxyl groups is 1. The highest BCUT2D eigenvalue weighted by Gasteiger charge is 2.64. The number of hydrogen-bond donors (Lipinski definition) is 2. The molecule has 0 aromatic heterocycles. The van der Waals surface area contributed by atoms with Crippen molar-refractivity contribution < 1.29 is 29.0 Å². The van der Waals surface area contributed by atoms with Gasteiger partial charge in [0.2, 0.25) is 5.60 Å². The van der Waals surface area contributed by atoms with Gasteiger partial charge < -0.3 is 19.9 Å². The molecule has 0 unspecified atom stereocenters. The van der Waals surface area contributed by atoms with Crippen molar-refractivity contribution >= 4 is 17.8 Å². The van der Waals surface area contributed by atoms with E-state index in [1.807, 2.05) is 51.1 Å². The van der Waals surface area contributed by atoms with Gasteiger partial charge in [-0.1, -0.05) is 56.7 Å². The Morgan fingerprint density at radius 3 is 2.51 bits per heavy atom. The van der Waals surface area contributed by atoms with Crippen LogP contribution in [-0.2, 0) is 25.5 Å². The van der Waals surface area contributed by atoms with Crippen LogP contribution in [0.25, 0.3) is 0 Å². The van der Waals surface area contributed by atoms with Crippen LogP contribution in [0.3, 0.4) is 0 Å². The number of allylic oxidation sites excluding steroid dienone is 3. The predicted molar refractivity (Wildman–Crippen MR) is 130 cm³/mol. The largest absolute Gasteiger partial charge is 0.514 e. The fraction of sp³-hybridized carbons (Fsp3) is 0.464. The number of carbonyl (C=O) groups excluding carboxylic acids is 3. The molecule has 1 fully saturated rings. The average molecular weight is 480 g/mol. The number of phenolic OH excluding ortho intramolecular Hbond substituents is 1. The number of nitrogens with one attached hydrogen (secondary N) is 1. The number of hydrogen-bond acceptors (Lipinski definition) is 6. The van der Waals surface area contributed by atoms with Crippen LogP contribution in [0.15, 0.2) is 60.4 Å². The molecule has 0 radical (unpaired) electrons. The van der Waals surface area contributed by atoms with E-state index in [9.17, 15) is 19.5 Å². The Hall–Kier alpha value is -3.35. The average Bonchev–Trinajstić information content (AvgIpc) is 3.09. The summed E-state index contributed by atoms with van der Waals surface area (Å²) >= 11 is 0. The van der Waals surface area contributed by atoms with E-state index < -0.39 is 23.6 Å². The van der Waals surface area contributed by atoms with Crippen LogP contribution in [-0.4, -0.2) is 34.6 Å². The van der Waals surface area contributed by atoms with E-state index in [0.717, 1.165) is 11.1 Å². The second-order valence-electron chi connectivity index (χ2n) is 10.0. The van der Waals surface area contributed by atoms with Crippen molar-refractivity contribution in [1.82, 2.24) is 5.32 Å². The summed E-state index contributed by atoms with van der Waals surface area (Å²) in [5.41, 5.74) is 0.578. The first-order chi connectivity index (χ1) is 16.6. The maximum Gasteiger partial charge on any atom is 0.514 e. The molecule has 186 valence electrons. The van der Waals surface area contributed by atoms with Crippen LogP contribution in [0.4, 0.5) is 4.79 Å². The van der Waals surface area contributed by atoms with Crippen LogP contribution < -0.4 is 5.32 Å². The van der Waals surface area contributed by atoms with E-state index in [2.05, 4.69) is 5.32 Å². The molecule has 7 atom stereocenters. The molecule has 2 heterocycles. The van der Waals surface area contributed by atoms with E-state index >= 15 is 0 Å². The summed E-state index contributed by atoms with van der Waals surface area (Å²) in [6, 6.07) is 6.59. The van der Waals surface area contributed by atoms with Gasteiger partial charge in [-0.15, -0.1) is 0 Å². The highest BCUT2D eigenvalue weighted by molar-refractivity contribution is 5.92. The third kappa shape index (κ3) is 4.64. The Labute approximate surface area is 205 Å². The van der Waals surface area contributed by atoms with Crippen LogP contribution in [0, 0.1) is 29.6 Å². The van der Waals surface area contributed by atoms with Gasteiger partial charge in [0.25, 0.3) is 5.91 Å². The third-order valence-corrected chi connectivity index (χ3v) is 7.74. The van der Waals surface area contributed by atoms with Gasteiger partial charge in [-0.05, 0) is 49.5 Å². The molecule has 0 saturated carbocycles. The third-order valence-electron chi connectivity index (χ3n) is 7.74. The number of ketones is 1. The summed E-state index contributed by atoms with van der Waals surface area (Å²) in [5.74, 6) is -1.66. The van der Waals surface area contributed by atoms with Crippen molar-refractivity contribution in [2.45, 2.75) is 52.2 Å². The molecule has 0 bridgehead atoms. The lowest BCUT2D eigenvalue weighted by molar-refractivity contribution is -0.147. The molecule has 3 aliphatic rings. The minimum atomic E-state index is -1.48. The molecule has 2 aliphatic heterocycles. The maximum absolute atomic E-state index is 13.7. The fourth-order valence-electron chi connectivity index (χ4n) is 5.67. The van der Waals surface area contributed by atoms with Gasteiger partial charge in [0.15, 0.2) is 0 Å². The standard InChI is InChI=1S/C28H33NO6/c1-16-6-5-7-21-14-18(3)19(4)24-23(15-20-8-10-22(30)11-9-20)29-26(32)28(21,24)35-27(33)34-13-12-17(2)25(16)31/h5,7-14,16-17,19,21,23-24,30H,6,15H2,1-4H3,(H,29,32)/b7-5+,13-12+/t16-,17+,19+,21-,23-,24-,28+/m0/s1. The van der Waals surface area contributed by atoms with Crippen molar-refractivity contribution in [3.63, 3.8) is 0 Å². The summed E-state index contributed by atoms with van der Waals surface area (Å²) < 4.78 is 11.1. The normalized spacial score (nSPS) is 37.1. The molecule has 7 nitrogen and oxygen atoms in total. The summed E-state index contributed by atoms with van der Waals surface area (Å²) in [6.45, 7) is 7.70. The second-order valence-corrected chi connectivity index (χ2v) is 10.0. The van der Waals surface area contributed by atoms with Gasteiger partial charge in [-0.25, -0.2) is 4.79 Å². The first-order valence-corrected chi connectivity index (χ1v) is 12.2. The summed E-state index contributed by atoms with van der Waals surface area (Å²) in [7, 11) is 0. The fourth-order valence-corrected chi connectivity index (χ4v) is 5.67. The zero-order valence-corrected chi connectivity index (χ0v) is 20.6. The molecule has 35 heavy (non-hydrogen) atoms. The van der Waals surface area contributed by atoms with E-state index in [1.165, 1.54) is 12.3 Å². The second kappa shape index (κ2) is 9.72. The molecule has 7 heteroatoms. The Balaban J connectivity index is 1.76. The monoisotopic (exact) mass is 479 g/mol. The lowest BCUT2D eigenvalue weighted by atomic mass is 9.63. The Bertz CT molecular complexity index is 1090. The molecule has 4 rings (SSSR count). The van der Waals surface area contributed by atoms with Crippen molar-refractivity contribution in [2.75, 3.05) is 0 Å². The topological polar surface area (TPSA) is 102 Å². The highest BCUT2D eigenvalue weighted by atomic mass is 16.7. The van der Waals surface area contributed by atoms with Crippen LogP contribution in [0.5, 0.6) is 5.75 Å². The maximum atomic E-state index is 13.7. The molecule has 1 aliphatic carbocycles. The number of Topliss-reactive ketones (excluding diaryl/α,β-unsaturated/α-hetero) is 1. The number of rotatable bonds is 2. The number of benzene rings is 1. The van der Waals surface area contributed by atoms with Gasteiger partial charge in [-0.2, -0.15) is 0 Å². The van der Waals surface area contributed by atoms with E-state index in [4.69, 9.17) is 9.47 Å². The Morgan fingerprint density at radius 2 is 1.80 bits per heavy atom. The molecule has 1 aromatic carbocycles. The first kappa shape index (κ1) is 24.8. The van der Waals surface area contributed by atoms with Crippen LogP contribution in [0.2, 0.25) is 0 Å². The lowest BCUT2D eigenvalue weighted by Gasteiger charge is -2.44. The molecular formula is C28H33NO6. The van der Waals surface area contributed by atoms with Gasteiger partial charge in [0.1, 0.15) is 11.5 Å². The SMILES string of the molecule is CC1=C[C@@H]2/C=C/C[C@H](C)C(=O)[C@H](C)/C=C/OC(=O)O[C@]23C(=O)N[C@@H](Cc2ccc(O)cc2)[C@@H]3[C@@H]1C. The summed E-state index contributed by atoms with van der Waals surface area (Å²) in [4.78, 5) is 39.1. The number of cyclic esters (lactones) is 1. The van der Waals surface area contributed by atoms with E-state index in [1.54, 1.807) is 19.1 Å². The quantitative estimate of drug-likeness (QED) is 0.479. The van der Waals surface area contributed by atoms with Crippen LogP contribution >= 0.6 is 0 Å². The summed E-state index contributed by atoms with van der Waals surface area (Å²) in [5, 5.41) is 12.7. The van der Waals surface area contributed by atoms with Gasteiger partial charge in [-0.3, -0.25) is 9.59 Å². The zero-order valence-electron chi connectivity index (χ0n) is 20.6. The van der Waals surface area contributed by atoms with Gasteiger partial charge in [0, 0.05) is 29.7 Å². The number of phenols is 1. The van der Waals surface area contributed by atoms with E-state index in [-0.39, 0.29) is 41.2 Å². The number of ether oxygens (including phenoxy) is 2. The van der Waals surface area contributed by atoms with Crippen molar-refractivity contribution in [1.29, 1.82) is 0 Å². The molecule has 2 N–H and O–H groups in total. The lowest BCUT2D eigenvalue weighted by Crippen LogP contribution is -2.56. The van der Waals surface area contributed by atoms with Crippen molar-refractivity contribution in [3.05, 3.63) is 66.0 Å². The Kier molecular flexibility index (Phi) is 6.88. The molecule has 1 saturated heterocycles. The Morgan fingerprint density at radius 1 is 1.09 bits per heavy atom. The van der Waals surface area contributed by atoms with Crippen molar-refractivity contribution in [3.8, 4) is 5.75 Å². The van der Waals surface area contributed by atoms with Crippen molar-refractivity contribution in [2.24, 2.45) is 29.6 Å². The summed E-state index contributed by atoms with van der Waals surface area (Å²) in [6.07, 6.45) is 8.56. The predicted octanol–water partition coefficient (Wildman–Crippen LogP) is 4.47. The highest BCUT2D eigenvalue weighted by Crippen LogP contribution is 2.50. The molecule has 1 aromatic rings. The minimum Gasteiger partial charge on any atom is -0.508 e. The molecule has 1 amide bonds.